The van der Waals surface area contributed by atoms with Crippen molar-refractivity contribution in [3.05, 3.63) is 65.0 Å². The van der Waals surface area contributed by atoms with Crippen LogP contribution in [0.15, 0.2) is 42.5 Å². The molecule has 1 aliphatic carbocycles. The minimum atomic E-state index is -0.0797. The summed E-state index contributed by atoms with van der Waals surface area (Å²) in [5.41, 5.74) is 4.80. The van der Waals surface area contributed by atoms with Gasteiger partial charge in [0.1, 0.15) is 0 Å². The number of esters is 1. The Bertz CT molecular complexity index is 681. The molecule has 0 aliphatic heterocycles. The van der Waals surface area contributed by atoms with Crippen molar-refractivity contribution in [3.63, 3.8) is 0 Å². The molecule has 0 bridgehead atoms. The average molecular weight is 309 g/mol. The lowest BCUT2D eigenvalue weighted by atomic mass is 9.98. The van der Waals surface area contributed by atoms with Gasteiger partial charge in [0.2, 0.25) is 0 Å². The van der Waals surface area contributed by atoms with Crippen LogP contribution in [0.25, 0.3) is 0 Å². The number of pyridine rings is 1. The number of benzene rings is 1. The molecule has 1 atom stereocenters. The molecule has 3 nitrogen and oxygen atoms in total. The largest absolute Gasteiger partial charge is 0.466 e. The van der Waals surface area contributed by atoms with Crippen LogP contribution in [0.1, 0.15) is 47.7 Å². The molecule has 1 aromatic heterocycles. The molecule has 0 amide bonds. The molecule has 3 rings (SSSR count). The van der Waals surface area contributed by atoms with Crippen LogP contribution in [0.2, 0.25) is 0 Å². The normalized spacial score (nSPS) is 16.1. The second-order valence-corrected chi connectivity index (χ2v) is 6.23. The zero-order valence-corrected chi connectivity index (χ0v) is 13.6. The number of hydrogen-bond acceptors (Lipinski definition) is 3. The van der Waals surface area contributed by atoms with Crippen LogP contribution in [0.4, 0.5) is 0 Å². The van der Waals surface area contributed by atoms with Gasteiger partial charge in [-0.25, -0.2) is 0 Å². The van der Waals surface area contributed by atoms with E-state index in [2.05, 4.69) is 29.2 Å². The fourth-order valence-electron chi connectivity index (χ4n) is 3.30. The maximum Gasteiger partial charge on any atom is 0.306 e. The summed E-state index contributed by atoms with van der Waals surface area (Å²) >= 11 is 0. The van der Waals surface area contributed by atoms with Crippen molar-refractivity contribution < 1.29 is 9.53 Å². The number of fused-ring (bicyclic) bond motifs is 1. The molecule has 0 N–H and O–H groups in total. The fourth-order valence-corrected chi connectivity index (χ4v) is 3.30. The SMILES string of the molecule is Cc1cccc(CCCOC(=O)CC2CCc3ccccc32)n1. The van der Waals surface area contributed by atoms with E-state index < -0.39 is 0 Å². The zero-order valence-electron chi connectivity index (χ0n) is 13.6. The zero-order chi connectivity index (χ0) is 16.1. The molecule has 23 heavy (non-hydrogen) atoms. The van der Waals surface area contributed by atoms with Gasteiger partial charge in [-0.3, -0.25) is 9.78 Å². The Morgan fingerprint density at radius 3 is 2.96 bits per heavy atom. The molecular weight excluding hydrogens is 286 g/mol. The van der Waals surface area contributed by atoms with E-state index in [1.807, 2.05) is 25.1 Å². The Morgan fingerprint density at radius 2 is 2.09 bits per heavy atom. The topological polar surface area (TPSA) is 39.2 Å². The van der Waals surface area contributed by atoms with Crippen molar-refractivity contribution in [1.29, 1.82) is 0 Å². The fraction of sp³-hybridized carbons (Fsp3) is 0.400. The lowest BCUT2D eigenvalue weighted by Gasteiger charge is -2.11. The monoisotopic (exact) mass is 309 g/mol. The van der Waals surface area contributed by atoms with Crippen LogP contribution in [-0.4, -0.2) is 17.6 Å². The number of hydrogen-bond donors (Lipinski definition) is 0. The summed E-state index contributed by atoms with van der Waals surface area (Å²) in [5, 5.41) is 0. The molecule has 0 saturated heterocycles. The Morgan fingerprint density at radius 1 is 1.22 bits per heavy atom. The highest BCUT2D eigenvalue weighted by molar-refractivity contribution is 5.71. The number of nitrogens with zero attached hydrogens (tertiary/aromatic N) is 1. The third kappa shape index (κ3) is 4.19. The van der Waals surface area contributed by atoms with Crippen LogP contribution >= 0.6 is 0 Å². The molecule has 3 heteroatoms. The minimum absolute atomic E-state index is 0.0797. The maximum atomic E-state index is 12.0. The molecule has 0 spiro atoms. The third-order valence-corrected chi connectivity index (χ3v) is 4.46. The first kappa shape index (κ1) is 15.7. The number of aromatic nitrogens is 1. The van der Waals surface area contributed by atoms with E-state index in [1.54, 1.807) is 0 Å². The number of carbonyl (C=O) groups excluding carboxylic acids is 1. The Balaban J connectivity index is 1.41. The van der Waals surface area contributed by atoms with Crippen LogP contribution in [0, 0.1) is 6.92 Å². The predicted molar refractivity (Wildman–Crippen MR) is 90.4 cm³/mol. The maximum absolute atomic E-state index is 12.0. The lowest BCUT2D eigenvalue weighted by molar-refractivity contribution is -0.144. The van der Waals surface area contributed by atoms with Crippen molar-refractivity contribution in [1.82, 2.24) is 4.98 Å². The van der Waals surface area contributed by atoms with Gasteiger partial charge in [-0.2, -0.15) is 0 Å². The number of carbonyl (C=O) groups is 1. The first-order valence-electron chi connectivity index (χ1n) is 8.38. The summed E-state index contributed by atoms with van der Waals surface area (Å²) in [6, 6.07) is 14.4. The second kappa shape index (κ2) is 7.40. The highest BCUT2D eigenvalue weighted by Gasteiger charge is 2.24. The summed E-state index contributed by atoms with van der Waals surface area (Å²) in [7, 11) is 0. The first-order valence-corrected chi connectivity index (χ1v) is 8.38. The summed E-state index contributed by atoms with van der Waals surface area (Å²) in [6.07, 6.45) is 4.30. The van der Waals surface area contributed by atoms with Crippen molar-refractivity contribution in [2.24, 2.45) is 0 Å². The Hall–Kier alpha value is -2.16. The highest BCUT2D eigenvalue weighted by Crippen LogP contribution is 2.35. The second-order valence-electron chi connectivity index (χ2n) is 6.23. The highest BCUT2D eigenvalue weighted by atomic mass is 16.5. The molecule has 0 saturated carbocycles. The van der Waals surface area contributed by atoms with Gasteiger partial charge in [0.15, 0.2) is 0 Å². The van der Waals surface area contributed by atoms with E-state index in [-0.39, 0.29) is 5.97 Å². The molecule has 120 valence electrons. The average Bonchev–Trinajstić information content (AvgIpc) is 2.95. The van der Waals surface area contributed by atoms with E-state index >= 15 is 0 Å². The van der Waals surface area contributed by atoms with Crippen molar-refractivity contribution >= 4 is 5.97 Å². The summed E-state index contributed by atoms with van der Waals surface area (Å²) in [4.78, 5) is 16.5. The molecule has 0 fully saturated rings. The van der Waals surface area contributed by atoms with E-state index in [1.165, 1.54) is 11.1 Å². The van der Waals surface area contributed by atoms with Gasteiger partial charge in [-0.05, 0) is 61.8 Å². The molecule has 1 aromatic carbocycles. The van der Waals surface area contributed by atoms with Crippen molar-refractivity contribution in [2.75, 3.05) is 6.61 Å². The molecule has 1 aliphatic rings. The Kier molecular flexibility index (Phi) is 5.06. The van der Waals surface area contributed by atoms with Crippen LogP contribution in [-0.2, 0) is 22.4 Å². The van der Waals surface area contributed by atoms with Crippen molar-refractivity contribution in [3.8, 4) is 0 Å². The quantitative estimate of drug-likeness (QED) is 0.598. The van der Waals surface area contributed by atoms with E-state index in [0.29, 0.717) is 18.9 Å². The summed E-state index contributed by atoms with van der Waals surface area (Å²) < 4.78 is 5.40. The van der Waals surface area contributed by atoms with Gasteiger partial charge < -0.3 is 4.74 Å². The van der Waals surface area contributed by atoms with E-state index in [4.69, 9.17) is 4.74 Å². The molecule has 0 radical (unpaired) electrons. The van der Waals surface area contributed by atoms with Gasteiger partial charge in [0, 0.05) is 11.4 Å². The standard InChI is InChI=1S/C20H23NO2/c1-15-6-4-8-18(21-15)9-5-13-23-20(22)14-17-12-11-16-7-2-3-10-19(16)17/h2-4,6-8,10,17H,5,9,11-14H2,1H3. The first-order chi connectivity index (χ1) is 11.2. The van der Waals surface area contributed by atoms with Gasteiger partial charge in [-0.15, -0.1) is 0 Å². The molecule has 1 heterocycles. The van der Waals surface area contributed by atoms with Gasteiger partial charge in [-0.1, -0.05) is 30.3 Å². The smallest absolute Gasteiger partial charge is 0.306 e. The van der Waals surface area contributed by atoms with Gasteiger partial charge in [0.25, 0.3) is 0 Å². The van der Waals surface area contributed by atoms with Crippen LogP contribution in [0.5, 0.6) is 0 Å². The van der Waals surface area contributed by atoms with Crippen molar-refractivity contribution in [2.45, 2.75) is 44.9 Å². The number of aryl methyl sites for hydroxylation is 3. The van der Waals surface area contributed by atoms with Crippen LogP contribution in [0.3, 0.4) is 0 Å². The molecule has 2 aromatic rings. The molecular formula is C20H23NO2. The van der Waals surface area contributed by atoms with E-state index in [0.717, 1.165) is 37.1 Å². The van der Waals surface area contributed by atoms with Gasteiger partial charge in [0.05, 0.1) is 13.0 Å². The summed E-state index contributed by atoms with van der Waals surface area (Å²) in [6.45, 7) is 2.46. The van der Waals surface area contributed by atoms with E-state index in [9.17, 15) is 4.79 Å². The third-order valence-electron chi connectivity index (χ3n) is 4.46. The van der Waals surface area contributed by atoms with Gasteiger partial charge >= 0.3 is 5.97 Å². The lowest BCUT2D eigenvalue weighted by Crippen LogP contribution is -2.10. The predicted octanol–water partition coefficient (Wildman–Crippen LogP) is 3.99. The summed E-state index contributed by atoms with van der Waals surface area (Å²) in [5.74, 6) is 0.251. The number of rotatable bonds is 6. The Labute approximate surface area is 137 Å². The van der Waals surface area contributed by atoms with Crippen LogP contribution < -0.4 is 0 Å². The molecule has 1 unspecified atom stereocenters. The number of ether oxygens (including phenoxy) is 1. The minimum Gasteiger partial charge on any atom is -0.466 e.